The molecule has 0 saturated carbocycles. The van der Waals surface area contributed by atoms with Crippen LogP contribution < -0.4 is 10.9 Å². The van der Waals surface area contributed by atoms with Crippen molar-refractivity contribution in [2.24, 2.45) is 5.92 Å². The molecule has 0 aromatic heterocycles. The van der Waals surface area contributed by atoms with Crippen LogP contribution >= 0.6 is 0 Å². The molecule has 0 radical (unpaired) electrons. The van der Waals surface area contributed by atoms with Crippen molar-refractivity contribution in [2.45, 2.75) is 51.1 Å². The molecule has 4 nitrogen and oxygen atoms in total. The molecule has 3 atom stereocenters. The Bertz CT molecular complexity index is 534. The highest BCUT2D eigenvalue weighted by molar-refractivity contribution is 5.82. The van der Waals surface area contributed by atoms with Gasteiger partial charge in [-0.25, -0.2) is 9.82 Å². The van der Waals surface area contributed by atoms with Gasteiger partial charge in [-0.15, -0.1) is 0 Å². The molecule has 3 unspecified atom stereocenters. The van der Waals surface area contributed by atoms with Crippen molar-refractivity contribution in [2.75, 3.05) is 13.1 Å². The second-order valence-electron chi connectivity index (χ2n) is 6.94. The number of halogens is 1. The third kappa shape index (κ3) is 4.30. The van der Waals surface area contributed by atoms with Gasteiger partial charge in [0.15, 0.2) is 0 Å². The second-order valence-corrected chi connectivity index (χ2v) is 6.94. The molecule has 1 aromatic carbocycles. The largest absolute Gasteiger partial charge is 0.341 e. The van der Waals surface area contributed by atoms with Crippen LogP contribution in [0.4, 0.5) is 4.39 Å². The monoisotopic (exact) mass is 319 g/mol. The summed E-state index contributed by atoms with van der Waals surface area (Å²) in [7, 11) is 0. The Morgan fingerprint density at radius 1 is 1.30 bits per heavy atom. The van der Waals surface area contributed by atoms with Crippen molar-refractivity contribution in [1.29, 1.82) is 0 Å². The number of nitrogens with one attached hydrogen (secondary N) is 2. The smallest absolute Gasteiger partial charge is 0.241 e. The van der Waals surface area contributed by atoms with Gasteiger partial charge in [0.1, 0.15) is 11.9 Å². The molecule has 2 N–H and O–H groups in total. The molecular formula is C18H26FN3O. The minimum absolute atomic E-state index is 0.0825. The first-order chi connectivity index (χ1) is 11.1. The van der Waals surface area contributed by atoms with Crippen LogP contribution in [0.2, 0.25) is 0 Å². The highest BCUT2D eigenvalue weighted by Gasteiger charge is 2.32. The van der Waals surface area contributed by atoms with Gasteiger partial charge in [-0.1, -0.05) is 12.1 Å². The predicted molar refractivity (Wildman–Crippen MR) is 88.2 cm³/mol. The zero-order chi connectivity index (χ0) is 16.2. The molecule has 1 amide bonds. The van der Waals surface area contributed by atoms with Gasteiger partial charge in [-0.2, -0.15) is 0 Å². The SMILES string of the molecule is CC1CC(C(=O)N2CCCC(CCc3ccc(F)cc3)C2)NN1. The van der Waals surface area contributed by atoms with Gasteiger partial charge in [0.25, 0.3) is 0 Å². The van der Waals surface area contributed by atoms with Crippen LogP contribution in [0.1, 0.15) is 38.2 Å². The quantitative estimate of drug-likeness (QED) is 0.895. The molecule has 2 heterocycles. The van der Waals surface area contributed by atoms with Crippen molar-refractivity contribution in [3.63, 3.8) is 0 Å². The van der Waals surface area contributed by atoms with E-state index in [-0.39, 0.29) is 17.8 Å². The molecule has 1 aromatic rings. The zero-order valence-corrected chi connectivity index (χ0v) is 13.7. The lowest BCUT2D eigenvalue weighted by atomic mass is 9.91. The molecule has 0 aliphatic carbocycles. The maximum Gasteiger partial charge on any atom is 0.241 e. The van der Waals surface area contributed by atoms with Crippen molar-refractivity contribution in [3.05, 3.63) is 35.6 Å². The summed E-state index contributed by atoms with van der Waals surface area (Å²) in [4.78, 5) is 14.6. The number of carbonyl (C=O) groups excluding carboxylic acids is 1. The van der Waals surface area contributed by atoms with E-state index in [1.165, 1.54) is 24.1 Å². The summed E-state index contributed by atoms with van der Waals surface area (Å²) < 4.78 is 12.9. The van der Waals surface area contributed by atoms with E-state index in [1.54, 1.807) is 0 Å². The topological polar surface area (TPSA) is 44.4 Å². The number of benzene rings is 1. The van der Waals surface area contributed by atoms with Gasteiger partial charge in [0.05, 0.1) is 0 Å². The molecular weight excluding hydrogens is 293 g/mol. The fraction of sp³-hybridized carbons (Fsp3) is 0.611. The number of amides is 1. The first-order valence-electron chi connectivity index (χ1n) is 8.66. The molecule has 23 heavy (non-hydrogen) atoms. The Hall–Kier alpha value is -1.46. The third-order valence-corrected chi connectivity index (χ3v) is 4.98. The van der Waals surface area contributed by atoms with Crippen molar-refractivity contribution in [1.82, 2.24) is 15.8 Å². The molecule has 2 saturated heterocycles. The summed E-state index contributed by atoms with van der Waals surface area (Å²) in [5, 5.41) is 0. The summed E-state index contributed by atoms with van der Waals surface area (Å²) in [6.45, 7) is 3.81. The number of hydrazine groups is 1. The average Bonchev–Trinajstić information content (AvgIpc) is 3.00. The minimum Gasteiger partial charge on any atom is -0.341 e. The summed E-state index contributed by atoms with van der Waals surface area (Å²) >= 11 is 0. The first-order valence-corrected chi connectivity index (χ1v) is 8.66. The molecule has 126 valence electrons. The van der Waals surface area contributed by atoms with Crippen molar-refractivity contribution < 1.29 is 9.18 Å². The molecule has 2 aliphatic rings. The summed E-state index contributed by atoms with van der Waals surface area (Å²) in [6, 6.07) is 7.02. The molecule has 0 spiro atoms. The lowest BCUT2D eigenvalue weighted by Crippen LogP contribution is -2.49. The van der Waals surface area contributed by atoms with E-state index >= 15 is 0 Å². The molecule has 2 fully saturated rings. The third-order valence-electron chi connectivity index (χ3n) is 4.98. The fourth-order valence-corrected chi connectivity index (χ4v) is 3.62. The lowest BCUT2D eigenvalue weighted by Gasteiger charge is -2.34. The Kier molecular flexibility index (Phi) is 5.28. The first kappa shape index (κ1) is 16.4. The van der Waals surface area contributed by atoms with E-state index in [9.17, 15) is 9.18 Å². The van der Waals surface area contributed by atoms with Crippen LogP contribution in [-0.2, 0) is 11.2 Å². The van der Waals surface area contributed by atoms with Crippen LogP contribution in [0, 0.1) is 11.7 Å². The maximum atomic E-state index is 12.9. The van der Waals surface area contributed by atoms with Gasteiger partial charge >= 0.3 is 0 Å². The normalized spacial score (nSPS) is 28.1. The van der Waals surface area contributed by atoms with E-state index < -0.39 is 0 Å². The van der Waals surface area contributed by atoms with Gasteiger partial charge < -0.3 is 4.90 Å². The average molecular weight is 319 g/mol. The van der Waals surface area contributed by atoms with Gasteiger partial charge in [-0.3, -0.25) is 10.2 Å². The summed E-state index contributed by atoms with van der Waals surface area (Å²) in [5.41, 5.74) is 7.40. The molecule has 2 aliphatic heterocycles. The van der Waals surface area contributed by atoms with Crippen LogP contribution in [0.3, 0.4) is 0 Å². The molecule has 5 heteroatoms. The highest BCUT2D eigenvalue weighted by atomic mass is 19.1. The lowest BCUT2D eigenvalue weighted by molar-refractivity contribution is -0.135. The van der Waals surface area contributed by atoms with E-state index in [0.29, 0.717) is 12.0 Å². The minimum atomic E-state index is -0.185. The number of nitrogens with zero attached hydrogens (tertiary/aromatic N) is 1. The number of rotatable bonds is 4. The van der Waals surface area contributed by atoms with Crippen LogP contribution in [0.25, 0.3) is 0 Å². The Morgan fingerprint density at radius 2 is 2.09 bits per heavy atom. The van der Waals surface area contributed by atoms with E-state index in [1.807, 2.05) is 17.0 Å². The summed E-state index contributed by atoms with van der Waals surface area (Å²) in [5.74, 6) is 0.591. The number of piperidine rings is 1. The van der Waals surface area contributed by atoms with E-state index in [4.69, 9.17) is 0 Å². The van der Waals surface area contributed by atoms with E-state index in [2.05, 4.69) is 17.8 Å². The highest BCUT2D eigenvalue weighted by Crippen LogP contribution is 2.23. The number of likely N-dealkylation sites (tertiary alicyclic amines) is 1. The van der Waals surface area contributed by atoms with Gasteiger partial charge in [-0.05, 0) is 62.6 Å². The number of hydrogen-bond acceptors (Lipinski definition) is 3. The van der Waals surface area contributed by atoms with Crippen molar-refractivity contribution >= 4 is 5.91 Å². The van der Waals surface area contributed by atoms with Crippen LogP contribution in [0.15, 0.2) is 24.3 Å². The van der Waals surface area contributed by atoms with Gasteiger partial charge in [0, 0.05) is 19.1 Å². The molecule has 0 bridgehead atoms. The summed E-state index contributed by atoms with van der Waals surface area (Å²) in [6.07, 6.45) is 5.12. The van der Waals surface area contributed by atoms with Crippen molar-refractivity contribution in [3.8, 4) is 0 Å². The Labute approximate surface area is 137 Å². The second kappa shape index (κ2) is 7.41. The zero-order valence-electron chi connectivity index (χ0n) is 13.7. The standard InChI is InChI=1S/C18H26FN3O/c1-13-11-17(21-20-13)18(23)22-10-2-3-15(12-22)5-4-14-6-8-16(19)9-7-14/h6-9,13,15,17,20-21H,2-5,10-12H2,1H3. The van der Waals surface area contributed by atoms with Gasteiger partial charge in [0.2, 0.25) is 5.91 Å². The predicted octanol–water partition coefficient (Wildman–Crippen LogP) is 2.25. The van der Waals surface area contributed by atoms with Crippen LogP contribution in [0.5, 0.6) is 0 Å². The van der Waals surface area contributed by atoms with E-state index in [0.717, 1.165) is 38.8 Å². The number of carbonyl (C=O) groups is 1. The Morgan fingerprint density at radius 3 is 2.78 bits per heavy atom. The Balaban J connectivity index is 1.49. The maximum absolute atomic E-state index is 12.9. The van der Waals surface area contributed by atoms with Crippen LogP contribution in [-0.4, -0.2) is 36.0 Å². The number of aryl methyl sites for hydroxylation is 1. The molecule has 3 rings (SSSR count). The fourth-order valence-electron chi connectivity index (χ4n) is 3.62. The number of hydrogen-bond donors (Lipinski definition) is 2.